The lowest BCUT2D eigenvalue weighted by molar-refractivity contribution is -0.118. The molecule has 17 heavy (non-hydrogen) atoms. The zero-order valence-electron chi connectivity index (χ0n) is 9.47. The summed E-state index contributed by atoms with van der Waals surface area (Å²) in [5.41, 5.74) is 4.95. The molecule has 2 N–H and O–H groups in total. The molecule has 6 heteroatoms. The van der Waals surface area contributed by atoms with Crippen LogP contribution in [0.3, 0.4) is 0 Å². The molecule has 1 amide bonds. The van der Waals surface area contributed by atoms with Gasteiger partial charge in [0.05, 0.1) is 11.7 Å². The average molecular weight is 251 g/mol. The van der Waals surface area contributed by atoms with Crippen LogP contribution >= 0.6 is 11.3 Å². The summed E-state index contributed by atoms with van der Waals surface area (Å²) in [7, 11) is 0. The van der Waals surface area contributed by atoms with E-state index in [0.717, 1.165) is 16.1 Å². The van der Waals surface area contributed by atoms with E-state index in [2.05, 4.69) is 4.98 Å². The zero-order chi connectivity index (χ0) is 12.4. The highest BCUT2D eigenvalue weighted by molar-refractivity contribution is 7.18. The lowest BCUT2D eigenvalue weighted by Gasteiger charge is -2.02. The Morgan fingerprint density at radius 3 is 3.00 bits per heavy atom. The number of hydrogen-bond acceptors (Lipinski definition) is 4. The van der Waals surface area contributed by atoms with E-state index in [1.165, 1.54) is 22.2 Å². The fourth-order valence-electron chi connectivity index (χ4n) is 1.57. The van der Waals surface area contributed by atoms with Gasteiger partial charge in [-0.1, -0.05) is 6.92 Å². The van der Waals surface area contributed by atoms with E-state index >= 15 is 0 Å². The first-order valence-electron chi connectivity index (χ1n) is 5.38. The Morgan fingerprint density at radius 2 is 2.35 bits per heavy atom. The molecule has 0 atom stereocenters. The summed E-state index contributed by atoms with van der Waals surface area (Å²) in [6.45, 7) is 2.32. The number of nitrogens with two attached hydrogens (primary N) is 1. The van der Waals surface area contributed by atoms with Crippen LogP contribution in [0, 0.1) is 0 Å². The smallest absolute Gasteiger partial charge is 0.262 e. The normalized spacial score (nSPS) is 10.9. The fourth-order valence-corrected chi connectivity index (χ4v) is 2.50. The van der Waals surface area contributed by atoms with Crippen molar-refractivity contribution < 1.29 is 4.79 Å². The zero-order valence-corrected chi connectivity index (χ0v) is 10.3. The van der Waals surface area contributed by atoms with Crippen molar-refractivity contribution in [2.45, 2.75) is 26.3 Å². The summed E-state index contributed by atoms with van der Waals surface area (Å²) in [5.74, 6) is -0.420. The summed E-state index contributed by atoms with van der Waals surface area (Å²) in [6.07, 6.45) is 2.52. The second-order valence-electron chi connectivity index (χ2n) is 3.74. The van der Waals surface area contributed by atoms with Crippen LogP contribution < -0.4 is 11.3 Å². The van der Waals surface area contributed by atoms with Crippen molar-refractivity contribution >= 4 is 27.5 Å². The summed E-state index contributed by atoms with van der Waals surface area (Å²) in [6, 6.07) is 1.87. The highest BCUT2D eigenvalue weighted by Gasteiger charge is 2.08. The van der Waals surface area contributed by atoms with Gasteiger partial charge in [-0.05, 0) is 12.5 Å². The molecule has 2 heterocycles. The molecular weight excluding hydrogens is 238 g/mol. The molecule has 2 rings (SSSR count). The van der Waals surface area contributed by atoms with E-state index in [1.807, 2.05) is 13.0 Å². The number of carbonyl (C=O) groups is 1. The largest absolute Gasteiger partial charge is 0.370 e. The van der Waals surface area contributed by atoms with Crippen molar-refractivity contribution in [3.63, 3.8) is 0 Å². The molecule has 0 bridgehead atoms. The number of thiophene rings is 1. The van der Waals surface area contributed by atoms with Gasteiger partial charge in [0.25, 0.3) is 5.56 Å². The van der Waals surface area contributed by atoms with Crippen LogP contribution in [0.15, 0.2) is 17.2 Å². The minimum Gasteiger partial charge on any atom is -0.370 e. The highest BCUT2D eigenvalue weighted by Crippen LogP contribution is 2.20. The van der Waals surface area contributed by atoms with Gasteiger partial charge in [-0.2, -0.15) is 0 Å². The quantitative estimate of drug-likeness (QED) is 0.876. The number of nitrogens with zero attached hydrogens (tertiary/aromatic N) is 2. The van der Waals surface area contributed by atoms with E-state index in [1.54, 1.807) is 0 Å². The van der Waals surface area contributed by atoms with E-state index in [0.29, 0.717) is 5.39 Å². The van der Waals surface area contributed by atoms with Crippen LogP contribution in [-0.4, -0.2) is 15.5 Å². The van der Waals surface area contributed by atoms with Crippen molar-refractivity contribution in [2.75, 3.05) is 0 Å². The summed E-state index contributed by atoms with van der Waals surface area (Å²) < 4.78 is 1.43. The second kappa shape index (κ2) is 4.67. The van der Waals surface area contributed by atoms with Gasteiger partial charge >= 0.3 is 0 Å². The average Bonchev–Trinajstić information content (AvgIpc) is 2.72. The van der Waals surface area contributed by atoms with Crippen molar-refractivity contribution in [2.24, 2.45) is 5.73 Å². The number of rotatable bonds is 4. The SMILES string of the molecule is CCc1cc2c(=O)n(CCC(N)=O)cnc2s1. The Bertz CT molecular complexity index is 615. The van der Waals surface area contributed by atoms with Crippen LogP contribution in [0.4, 0.5) is 0 Å². The van der Waals surface area contributed by atoms with E-state index in [4.69, 9.17) is 5.73 Å². The lowest BCUT2D eigenvalue weighted by atomic mass is 10.3. The van der Waals surface area contributed by atoms with Gasteiger partial charge < -0.3 is 5.73 Å². The Hall–Kier alpha value is -1.69. The Kier molecular flexibility index (Phi) is 3.23. The van der Waals surface area contributed by atoms with Gasteiger partial charge in [-0.25, -0.2) is 4.98 Å². The van der Waals surface area contributed by atoms with Gasteiger partial charge in [-0.15, -0.1) is 11.3 Å². The highest BCUT2D eigenvalue weighted by atomic mass is 32.1. The lowest BCUT2D eigenvalue weighted by Crippen LogP contribution is -2.23. The molecule has 90 valence electrons. The minimum atomic E-state index is -0.420. The number of fused-ring (bicyclic) bond motifs is 1. The van der Waals surface area contributed by atoms with Crippen LogP contribution in [0.2, 0.25) is 0 Å². The van der Waals surface area contributed by atoms with Gasteiger partial charge in [0, 0.05) is 17.8 Å². The van der Waals surface area contributed by atoms with Crippen LogP contribution in [0.5, 0.6) is 0 Å². The summed E-state index contributed by atoms with van der Waals surface area (Å²) in [4.78, 5) is 28.8. The monoisotopic (exact) mass is 251 g/mol. The minimum absolute atomic E-state index is 0.104. The maximum Gasteiger partial charge on any atom is 0.262 e. The predicted octanol–water partition coefficient (Wildman–Crippen LogP) is 0.896. The number of carbonyl (C=O) groups excluding carboxylic acids is 1. The Balaban J connectivity index is 2.42. The van der Waals surface area contributed by atoms with Crippen molar-refractivity contribution in [3.8, 4) is 0 Å². The van der Waals surface area contributed by atoms with Crippen LogP contribution in [0.25, 0.3) is 10.2 Å². The van der Waals surface area contributed by atoms with Crippen molar-refractivity contribution in [1.82, 2.24) is 9.55 Å². The molecule has 0 unspecified atom stereocenters. The maximum atomic E-state index is 12.0. The summed E-state index contributed by atoms with van der Waals surface area (Å²) >= 11 is 1.53. The summed E-state index contributed by atoms with van der Waals surface area (Å²) in [5, 5.41) is 0.624. The van der Waals surface area contributed by atoms with Gasteiger partial charge in [-0.3, -0.25) is 14.2 Å². The molecular formula is C11H13N3O2S. The molecule has 0 spiro atoms. The molecule has 2 aromatic heterocycles. The molecule has 2 aromatic rings. The van der Waals surface area contributed by atoms with E-state index in [9.17, 15) is 9.59 Å². The molecule has 0 fully saturated rings. The third-order valence-electron chi connectivity index (χ3n) is 2.52. The molecule has 0 radical (unpaired) electrons. The van der Waals surface area contributed by atoms with E-state index in [-0.39, 0.29) is 18.5 Å². The molecule has 0 saturated heterocycles. The van der Waals surface area contributed by atoms with Gasteiger partial charge in [0.15, 0.2) is 0 Å². The number of primary amides is 1. The third-order valence-corrected chi connectivity index (χ3v) is 3.70. The number of aryl methyl sites for hydroxylation is 2. The number of amides is 1. The predicted molar refractivity (Wildman–Crippen MR) is 67.1 cm³/mol. The first-order valence-corrected chi connectivity index (χ1v) is 6.19. The molecule has 0 aliphatic carbocycles. The first-order chi connectivity index (χ1) is 8.11. The van der Waals surface area contributed by atoms with Crippen molar-refractivity contribution in [3.05, 3.63) is 27.6 Å². The molecule has 0 aromatic carbocycles. The topological polar surface area (TPSA) is 78.0 Å². The van der Waals surface area contributed by atoms with Crippen LogP contribution in [0.1, 0.15) is 18.2 Å². The Labute approximate surface area is 102 Å². The Morgan fingerprint density at radius 1 is 1.59 bits per heavy atom. The molecule has 0 aliphatic rings. The molecule has 0 saturated carbocycles. The maximum absolute atomic E-state index is 12.0. The molecule has 5 nitrogen and oxygen atoms in total. The number of hydrogen-bond donors (Lipinski definition) is 1. The standard InChI is InChI=1S/C11H13N3O2S/c1-2-7-5-8-10(17-7)13-6-14(11(8)16)4-3-9(12)15/h5-6H,2-4H2,1H3,(H2,12,15). The molecule has 0 aliphatic heterocycles. The van der Waals surface area contributed by atoms with Gasteiger partial charge in [0.1, 0.15) is 4.83 Å². The third kappa shape index (κ3) is 2.36. The number of aromatic nitrogens is 2. The van der Waals surface area contributed by atoms with Crippen molar-refractivity contribution in [1.29, 1.82) is 0 Å². The second-order valence-corrected chi connectivity index (χ2v) is 4.86. The fraction of sp³-hybridized carbons (Fsp3) is 0.364. The van der Waals surface area contributed by atoms with E-state index < -0.39 is 5.91 Å². The van der Waals surface area contributed by atoms with Gasteiger partial charge in [0.2, 0.25) is 5.91 Å². The first kappa shape index (κ1) is 11.8. The van der Waals surface area contributed by atoms with Crippen LogP contribution in [-0.2, 0) is 17.8 Å².